The zero-order valence-corrected chi connectivity index (χ0v) is 18.6. The molecule has 0 bridgehead atoms. The van der Waals surface area contributed by atoms with Crippen LogP contribution in [0.5, 0.6) is 5.75 Å². The molecule has 2 amide bonds. The van der Waals surface area contributed by atoms with Gasteiger partial charge in [0.25, 0.3) is 5.91 Å². The molecule has 2 N–H and O–H groups in total. The summed E-state index contributed by atoms with van der Waals surface area (Å²) >= 11 is 2.89. The number of methoxy groups -OCH3 is 1. The quantitative estimate of drug-likeness (QED) is 0.317. The van der Waals surface area contributed by atoms with Gasteiger partial charge in [-0.25, -0.2) is 4.79 Å². The molecule has 3 heterocycles. The van der Waals surface area contributed by atoms with Gasteiger partial charge in [0.05, 0.1) is 16.4 Å². The molecule has 14 heteroatoms. The van der Waals surface area contributed by atoms with Gasteiger partial charge in [0, 0.05) is 26.2 Å². The van der Waals surface area contributed by atoms with Crippen molar-refractivity contribution in [2.24, 2.45) is 0 Å². The fourth-order valence-corrected chi connectivity index (χ4v) is 3.53. The van der Waals surface area contributed by atoms with E-state index >= 15 is 0 Å². The molecule has 0 aliphatic heterocycles. The van der Waals surface area contributed by atoms with E-state index in [1.54, 1.807) is 6.07 Å². The van der Waals surface area contributed by atoms with Gasteiger partial charge in [0.1, 0.15) is 12.4 Å². The average Bonchev–Trinajstić information content (AvgIpc) is 3.32. The number of hydrogen-bond donors (Lipinski definition) is 2. The van der Waals surface area contributed by atoms with Crippen molar-refractivity contribution in [2.45, 2.75) is 6.92 Å². The van der Waals surface area contributed by atoms with E-state index in [-0.39, 0.29) is 29.2 Å². The van der Waals surface area contributed by atoms with Gasteiger partial charge >= 0.3 is 5.63 Å². The van der Waals surface area contributed by atoms with Crippen LogP contribution in [-0.2, 0) is 9.53 Å². The highest BCUT2D eigenvalue weighted by molar-refractivity contribution is 14.1. The van der Waals surface area contributed by atoms with Gasteiger partial charge < -0.3 is 19.2 Å². The molecule has 0 aliphatic carbocycles. The third kappa shape index (κ3) is 5.19. The predicted molar refractivity (Wildman–Crippen MR) is 114 cm³/mol. The van der Waals surface area contributed by atoms with E-state index in [0.717, 1.165) is 11.3 Å². The Labute approximate surface area is 186 Å². The maximum Gasteiger partial charge on any atom is 0.380 e. The molecule has 30 heavy (non-hydrogen) atoms. The molecule has 0 unspecified atom stereocenters. The van der Waals surface area contributed by atoms with Crippen LogP contribution in [0.2, 0.25) is 0 Å². The van der Waals surface area contributed by atoms with E-state index < -0.39 is 11.5 Å². The predicted octanol–water partition coefficient (Wildman–Crippen LogP) is 1.52. The van der Waals surface area contributed by atoms with E-state index in [2.05, 4.69) is 25.9 Å². The van der Waals surface area contributed by atoms with Crippen molar-refractivity contribution in [3.8, 4) is 10.9 Å². The van der Waals surface area contributed by atoms with Gasteiger partial charge in [0.2, 0.25) is 21.9 Å². The second-order valence-electron chi connectivity index (χ2n) is 5.57. The molecule has 158 valence electrons. The molecule has 12 nitrogen and oxygen atoms in total. The molecular weight excluding hydrogens is 531 g/mol. The molecule has 3 rings (SSSR count). The number of carbonyl (C=O) groups is 2. The highest BCUT2D eigenvalue weighted by Crippen LogP contribution is 2.23. The maximum absolute atomic E-state index is 12.4. The van der Waals surface area contributed by atoms with E-state index in [4.69, 9.17) is 13.9 Å². The molecule has 0 aromatic carbocycles. The van der Waals surface area contributed by atoms with Gasteiger partial charge in [-0.1, -0.05) is 11.3 Å². The zero-order chi connectivity index (χ0) is 21.7. The maximum atomic E-state index is 12.4. The SMILES string of the molecule is COCCOc1c(I)cc(C(=O)Nc2nnc(-n3nccc3NC(C)=O)s2)oc1=O. The summed E-state index contributed by atoms with van der Waals surface area (Å²) in [6.07, 6.45) is 1.48. The number of nitrogens with zero attached hydrogens (tertiary/aromatic N) is 4. The van der Waals surface area contributed by atoms with Gasteiger partial charge in [0.15, 0.2) is 5.76 Å². The minimum Gasteiger partial charge on any atom is -0.483 e. The van der Waals surface area contributed by atoms with Crippen molar-refractivity contribution >= 4 is 56.7 Å². The van der Waals surface area contributed by atoms with Crippen molar-refractivity contribution in [2.75, 3.05) is 31.0 Å². The van der Waals surface area contributed by atoms with Crippen molar-refractivity contribution < 1.29 is 23.5 Å². The van der Waals surface area contributed by atoms with Crippen LogP contribution >= 0.6 is 33.9 Å². The Bertz CT molecular complexity index is 1130. The number of hydrogen-bond acceptors (Lipinski definition) is 10. The highest BCUT2D eigenvalue weighted by Gasteiger charge is 2.19. The summed E-state index contributed by atoms with van der Waals surface area (Å²) in [5.74, 6) is -0.751. The van der Waals surface area contributed by atoms with Crippen LogP contribution in [-0.4, -0.2) is 52.1 Å². The van der Waals surface area contributed by atoms with Crippen molar-refractivity contribution in [1.29, 1.82) is 0 Å². The first-order valence-electron chi connectivity index (χ1n) is 8.31. The number of ether oxygens (including phenoxy) is 2. The molecule has 3 aromatic rings. The lowest BCUT2D eigenvalue weighted by atomic mass is 10.3. The molecule has 0 radical (unpaired) electrons. The van der Waals surface area contributed by atoms with E-state index in [1.807, 2.05) is 22.6 Å². The van der Waals surface area contributed by atoms with Gasteiger partial charge in [-0.2, -0.15) is 9.78 Å². The lowest BCUT2D eigenvalue weighted by molar-refractivity contribution is -0.114. The molecule has 3 aromatic heterocycles. The molecular formula is C16H15IN6O6S. The summed E-state index contributed by atoms with van der Waals surface area (Å²) < 4.78 is 17.0. The van der Waals surface area contributed by atoms with Crippen LogP contribution in [0.1, 0.15) is 17.5 Å². The normalized spacial score (nSPS) is 10.6. The Morgan fingerprint density at radius 1 is 1.30 bits per heavy atom. The van der Waals surface area contributed by atoms with Crippen LogP contribution in [0.3, 0.4) is 0 Å². The molecule has 0 spiro atoms. The monoisotopic (exact) mass is 546 g/mol. The smallest absolute Gasteiger partial charge is 0.380 e. The van der Waals surface area contributed by atoms with E-state index in [0.29, 0.717) is 21.1 Å². The summed E-state index contributed by atoms with van der Waals surface area (Å²) in [6, 6.07) is 2.97. The van der Waals surface area contributed by atoms with Crippen LogP contribution in [0.25, 0.3) is 5.13 Å². The lowest BCUT2D eigenvalue weighted by Gasteiger charge is -2.07. The summed E-state index contributed by atoms with van der Waals surface area (Å²) in [5.41, 5.74) is -0.780. The second-order valence-corrected chi connectivity index (χ2v) is 7.69. The Hall–Kier alpha value is -2.85. The minimum absolute atomic E-state index is 0.00610. The van der Waals surface area contributed by atoms with E-state index in [9.17, 15) is 14.4 Å². The summed E-state index contributed by atoms with van der Waals surface area (Å²) in [6.45, 7) is 1.84. The zero-order valence-electron chi connectivity index (χ0n) is 15.7. The number of nitrogens with one attached hydrogen (secondary N) is 2. The first-order chi connectivity index (χ1) is 14.4. The number of anilines is 2. The van der Waals surface area contributed by atoms with E-state index in [1.165, 1.54) is 31.0 Å². The average molecular weight is 546 g/mol. The molecule has 0 aliphatic rings. The Balaban J connectivity index is 1.74. The van der Waals surface area contributed by atoms with Crippen molar-refractivity contribution in [1.82, 2.24) is 20.0 Å². The first kappa shape index (κ1) is 21.8. The minimum atomic E-state index is -0.780. The summed E-state index contributed by atoms with van der Waals surface area (Å²) in [4.78, 5) is 35.8. The highest BCUT2D eigenvalue weighted by atomic mass is 127. The fraction of sp³-hybridized carbons (Fsp3) is 0.250. The van der Waals surface area contributed by atoms with Crippen LogP contribution in [0.4, 0.5) is 10.9 Å². The van der Waals surface area contributed by atoms with Crippen molar-refractivity contribution in [3.63, 3.8) is 0 Å². The lowest BCUT2D eigenvalue weighted by Crippen LogP contribution is -2.18. The largest absolute Gasteiger partial charge is 0.483 e. The molecule has 0 atom stereocenters. The fourth-order valence-electron chi connectivity index (χ4n) is 2.16. The number of halogens is 1. The molecule has 0 fully saturated rings. The van der Waals surface area contributed by atoms with Crippen LogP contribution in [0, 0.1) is 3.57 Å². The first-order valence-corrected chi connectivity index (χ1v) is 10.2. The van der Waals surface area contributed by atoms with Gasteiger partial charge in [-0.3, -0.25) is 14.9 Å². The third-order valence-electron chi connectivity index (χ3n) is 3.38. The summed E-state index contributed by atoms with van der Waals surface area (Å²) in [5, 5.41) is 17.5. The molecule has 0 saturated heterocycles. The number of carbonyl (C=O) groups excluding carboxylic acids is 2. The third-order valence-corrected chi connectivity index (χ3v) is 5.00. The van der Waals surface area contributed by atoms with Crippen molar-refractivity contribution in [3.05, 3.63) is 38.1 Å². The number of aromatic nitrogens is 4. The van der Waals surface area contributed by atoms with Gasteiger partial charge in [-0.15, -0.1) is 10.2 Å². The van der Waals surface area contributed by atoms with Crippen LogP contribution in [0.15, 0.2) is 27.5 Å². The molecule has 0 saturated carbocycles. The number of rotatable bonds is 8. The van der Waals surface area contributed by atoms with Gasteiger partial charge in [-0.05, 0) is 22.6 Å². The topological polar surface area (TPSA) is 150 Å². The van der Waals surface area contributed by atoms with Crippen LogP contribution < -0.4 is 21.0 Å². The summed E-state index contributed by atoms with van der Waals surface area (Å²) in [7, 11) is 1.51. The Kier molecular flexibility index (Phi) is 7.11. The Morgan fingerprint density at radius 3 is 2.80 bits per heavy atom. The second kappa shape index (κ2) is 9.77. The number of amides is 2. The standard InChI is InChI=1S/C16H15IN6O6S/c1-8(24)19-11-3-4-18-23(11)16-22-21-15(30-16)20-13(25)10-7-9(17)12(14(26)29-10)28-6-5-27-2/h3-4,7H,5-6H2,1-2H3,(H,19,24)(H,20,21,25). The Morgan fingerprint density at radius 2 is 2.10 bits per heavy atom.